The molecular weight excluding hydrogens is 450 g/mol. The quantitative estimate of drug-likeness (QED) is 0.343. The van der Waals surface area contributed by atoms with Gasteiger partial charge in [0.2, 0.25) is 5.91 Å². The topological polar surface area (TPSA) is 75.4 Å². The summed E-state index contributed by atoms with van der Waals surface area (Å²) in [6.07, 6.45) is 10.0. The zero-order chi connectivity index (χ0) is 24.7. The Morgan fingerprint density at radius 2 is 1.61 bits per heavy atom. The molecule has 1 fully saturated rings. The summed E-state index contributed by atoms with van der Waals surface area (Å²) in [5.41, 5.74) is 3.34. The molecule has 1 atom stereocenters. The van der Waals surface area contributed by atoms with E-state index in [2.05, 4.69) is 10.3 Å². The molecule has 36 heavy (non-hydrogen) atoms. The number of nitrogens with one attached hydrogen (secondary N) is 1. The molecule has 0 radical (unpaired) electrons. The maximum Gasteiger partial charge on any atom is 0.294 e. The van der Waals surface area contributed by atoms with Crippen LogP contribution in [0.4, 0.5) is 5.69 Å². The van der Waals surface area contributed by atoms with Gasteiger partial charge in [-0.3, -0.25) is 19.5 Å². The van der Waals surface area contributed by atoms with Gasteiger partial charge in [-0.2, -0.15) is 0 Å². The fourth-order valence-corrected chi connectivity index (χ4v) is 4.83. The smallest absolute Gasteiger partial charge is 0.294 e. The maximum atomic E-state index is 13.8. The number of hydrogen-bond donors (Lipinski definition) is 1. The summed E-state index contributed by atoms with van der Waals surface area (Å²) in [6, 6.07) is 23.8. The minimum absolute atomic E-state index is 0.103. The molecule has 6 heteroatoms. The van der Waals surface area contributed by atoms with Crippen molar-refractivity contribution in [3.63, 3.8) is 0 Å². The van der Waals surface area contributed by atoms with Crippen molar-refractivity contribution in [1.82, 2.24) is 10.3 Å². The van der Waals surface area contributed by atoms with Gasteiger partial charge in [0.1, 0.15) is 6.04 Å². The summed E-state index contributed by atoms with van der Waals surface area (Å²) < 4.78 is 5.47. The number of benzene rings is 2. The fourth-order valence-electron chi connectivity index (χ4n) is 4.83. The highest BCUT2D eigenvalue weighted by molar-refractivity contribution is 6.08. The zero-order valence-corrected chi connectivity index (χ0v) is 20.0. The normalized spacial score (nSPS) is 14.7. The monoisotopic (exact) mass is 479 g/mol. The Morgan fingerprint density at radius 3 is 2.28 bits per heavy atom. The van der Waals surface area contributed by atoms with Gasteiger partial charge in [-0.15, -0.1) is 0 Å². The van der Waals surface area contributed by atoms with Gasteiger partial charge in [-0.1, -0.05) is 67.8 Å². The van der Waals surface area contributed by atoms with E-state index in [1.54, 1.807) is 30.6 Å². The van der Waals surface area contributed by atoms with Crippen LogP contribution < -0.4 is 10.2 Å². The molecule has 0 saturated heterocycles. The van der Waals surface area contributed by atoms with E-state index in [0.717, 1.165) is 36.8 Å². The highest BCUT2D eigenvalue weighted by atomic mass is 16.3. The molecule has 6 nitrogen and oxygen atoms in total. The Kier molecular flexibility index (Phi) is 7.22. The van der Waals surface area contributed by atoms with Crippen molar-refractivity contribution in [3.8, 4) is 11.1 Å². The van der Waals surface area contributed by atoms with E-state index in [4.69, 9.17) is 4.42 Å². The average molecular weight is 480 g/mol. The third kappa shape index (κ3) is 5.23. The number of furan rings is 1. The average Bonchev–Trinajstić information content (AvgIpc) is 3.48. The molecule has 2 heterocycles. The van der Waals surface area contributed by atoms with Crippen LogP contribution in [-0.2, 0) is 4.79 Å². The summed E-state index contributed by atoms with van der Waals surface area (Å²) >= 11 is 0. The van der Waals surface area contributed by atoms with Crippen molar-refractivity contribution < 1.29 is 14.0 Å². The predicted molar refractivity (Wildman–Crippen MR) is 139 cm³/mol. The lowest BCUT2D eigenvalue weighted by molar-refractivity contribution is -0.123. The van der Waals surface area contributed by atoms with Gasteiger partial charge >= 0.3 is 0 Å². The van der Waals surface area contributed by atoms with Gasteiger partial charge in [0, 0.05) is 29.7 Å². The van der Waals surface area contributed by atoms with Crippen molar-refractivity contribution in [1.29, 1.82) is 0 Å². The molecule has 1 aliphatic carbocycles. The summed E-state index contributed by atoms with van der Waals surface area (Å²) in [5, 5.41) is 3.21. The van der Waals surface area contributed by atoms with Gasteiger partial charge in [0.15, 0.2) is 5.76 Å². The van der Waals surface area contributed by atoms with E-state index in [1.165, 1.54) is 17.6 Å². The van der Waals surface area contributed by atoms with E-state index in [-0.39, 0.29) is 23.6 Å². The van der Waals surface area contributed by atoms with Crippen LogP contribution >= 0.6 is 0 Å². The molecule has 5 rings (SSSR count). The van der Waals surface area contributed by atoms with E-state index in [9.17, 15) is 9.59 Å². The lowest BCUT2D eigenvalue weighted by Crippen LogP contribution is -2.47. The zero-order valence-electron chi connectivity index (χ0n) is 20.0. The van der Waals surface area contributed by atoms with Crippen LogP contribution in [0, 0.1) is 0 Å². The molecule has 1 saturated carbocycles. The lowest BCUT2D eigenvalue weighted by atomic mass is 9.94. The minimum Gasteiger partial charge on any atom is -0.459 e. The van der Waals surface area contributed by atoms with E-state index in [1.807, 2.05) is 60.7 Å². The second kappa shape index (κ2) is 11.0. The number of nitrogens with zero attached hydrogens (tertiary/aromatic N) is 2. The first kappa shape index (κ1) is 23.5. The van der Waals surface area contributed by atoms with Gasteiger partial charge in [-0.25, -0.2) is 0 Å². The second-order valence-electron chi connectivity index (χ2n) is 9.10. The Morgan fingerprint density at radius 1 is 0.861 bits per heavy atom. The van der Waals surface area contributed by atoms with E-state index < -0.39 is 6.04 Å². The van der Waals surface area contributed by atoms with Gasteiger partial charge in [0.25, 0.3) is 5.91 Å². The number of aromatic nitrogens is 1. The summed E-state index contributed by atoms with van der Waals surface area (Å²) in [5.74, 6) is -0.441. The van der Waals surface area contributed by atoms with Crippen LogP contribution in [0.2, 0.25) is 0 Å². The summed E-state index contributed by atoms with van der Waals surface area (Å²) in [6.45, 7) is 0. The number of carbonyl (C=O) groups is 2. The molecule has 1 N–H and O–H groups in total. The van der Waals surface area contributed by atoms with Crippen LogP contribution in [0.5, 0.6) is 0 Å². The number of amides is 2. The van der Waals surface area contributed by atoms with Gasteiger partial charge in [-0.05, 0) is 54.3 Å². The summed E-state index contributed by atoms with van der Waals surface area (Å²) in [4.78, 5) is 33.4. The highest BCUT2D eigenvalue weighted by Crippen LogP contribution is 2.32. The highest BCUT2D eigenvalue weighted by Gasteiger charge is 2.35. The van der Waals surface area contributed by atoms with Crippen LogP contribution in [0.3, 0.4) is 0 Å². The van der Waals surface area contributed by atoms with Gasteiger partial charge in [0.05, 0.1) is 6.26 Å². The molecule has 0 bridgehead atoms. The first-order valence-electron chi connectivity index (χ1n) is 12.4. The number of hydrogen-bond acceptors (Lipinski definition) is 4. The molecule has 2 aromatic heterocycles. The number of rotatable bonds is 7. The largest absolute Gasteiger partial charge is 0.459 e. The Hall–Kier alpha value is -4.19. The molecule has 1 unspecified atom stereocenters. The predicted octanol–water partition coefficient (Wildman–Crippen LogP) is 6.18. The Labute approximate surface area is 211 Å². The number of carbonyl (C=O) groups excluding carboxylic acids is 2. The number of pyridine rings is 1. The van der Waals surface area contributed by atoms with Crippen LogP contribution in [-0.4, -0.2) is 22.8 Å². The van der Waals surface area contributed by atoms with Crippen molar-refractivity contribution >= 4 is 17.5 Å². The SMILES string of the molecule is O=C(NC1CCCCC1)C(c1cccnc1)N(C(=O)c1ccco1)c1ccc(-c2ccccc2)cc1. The van der Waals surface area contributed by atoms with Crippen LogP contribution in [0.15, 0.2) is 102 Å². The molecule has 2 amide bonds. The first-order chi connectivity index (χ1) is 17.7. The van der Waals surface area contributed by atoms with Crippen molar-refractivity contribution in [3.05, 3.63) is 109 Å². The minimum atomic E-state index is -0.902. The molecular formula is C30H29N3O3. The van der Waals surface area contributed by atoms with E-state index >= 15 is 0 Å². The van der Waals surface area contributed by atoms with Gasteiger partial charge < -0.3 is 9.73 Å². The molecule has 2 aromatic carbocycles. The Bertz CT molecular complexity index is 1270. The molecule has 0 spiro atoms. The lowest BCUT2D eigenvalue weighted by Gasteiger charge is -2.33. The van der Waals surface area contributed by atoms with Crippen LogP contribution in [0.25, 0.3) is 11.1 Å². The summed E-state index contributed by atoms with van der Waals surface area (Å²) in [7, 11) is 0. The molecule has 0 aliphatic heterocycles. The molecule has 1 aliphatic rings. The van der Waals surface area contributed by atoms with Crippen molar-refractivity contribution in [2.75, 3.05) is 4.90 Å². The third-order valence-electron chi connectivity index (χ3n) is 6.66. The second-order valence-corrected chi connectivity index (χ2v) is 9.10. The standard InChI is InChI=1S/C30H29N3O3/c34-29(32-25-12-5-2-6-13-25)28(24-11-7-19-31-21-24)33(30(35)27-14-8-20-36-27)26-17-15-23(16-18-26)22-9-3-1-4-10-22/h1,3-4,7-11,14-21,25,28H,2,5-6,12-13H2,(H,32,34). The van der Waals surface area contributed by atoms with Crippen molar-refractivity contribution in [2.45, 2.75) is 44.2 Å². The van der Waals surface area contributed by atoms with Crippen molar-refractivity contribution in [2.24, 2.45) is 0 Å². The van der Waals surface area contributed by atoms with E-state index in [0.29, 0.717) is 11.3 Å². The number of anilines is 1. The first-order valence-corrected chi connectivity index (χ1v) is 12.4. The maximum absolute atomic E-state index is 13.8. The van der Waals surface area contributed by atoms with Crippen LogP contribution in [0.1, 0.15) is 54.3 Å². The Balaban J connectivity index is 1.55. The third-order valence-corrected chi connectivity index (χ3v) is 6.66. The molecule has 4 aromatic rings. The fraction of sp³-hybridized carbons (Fsp3) is 0.233. The molecule has 182 valence electrons.